The van der Waals surface area contributed by atoms with Gasteiger partial charge in [-0.2, -0.15) is 0 Å². The second kappa shape index (κ2) is 9.00. The third-order valence-corrected chi connectivity index (χ3v) is 5.87. The minimum absolute atomic E-state index is 0.0315. The van der Waals surface area contributed by atoms with E-state index in [9.17, 15) is 4.79 Å². The van der Waals surface area contributed by atoms with E-state index in [0.717, 1.165) is 34.4 Å². The zero-order valence-corrected chi connectivity index (χ0v) is 16.5. The van der Waals surface area contributed by atoms with Gasteiger partial charge in [-0.25, -0.2) is 0 Å². The van der Waals surface area contributed by atoms with Crippen LogP contribution in [0.15, 0.2) is 53.0 Å². The molecular formula is C19H22N4OS2. The number of hydrogen-bond acceptors (Lipinski definition) is 5. The number of carbonyl (C=O) groups is 1. The Morgan fingerprint density at radius 2 is 1.92 bits per heavy atom. The number of nitrogens with one attached hydrogen (secondary N) is 1. The second-order valence-electron chi connectivity index (χ2n) is 5.82. The minimum atomic E-state index is 0.0315. The van der Waals surface area contributed by atoms with E-state index in [1.807, 2.05) is 52.4 Å². The summed E-state index contributed by atoms with van der Waals surface area (Å²) in [4.78, 5) is 13.3. The van der Waals surface area contributed by atoms with Crippen LogP contribution in [0, 0.1) is 0 Å². The molecule has 2 aromatic heterocycles. The summed E-state index contributed by atoms with van der Waals surface area (Å²) in [5.74, 6) is 1.16. The van der Waals surface area contributed by atoms with Crippen molar-refractivity contribution in [3.63, 3.8) is 0 Å². The molecule has 0 saturated carbocycles. The molecule has 7 heteroatoms. The van der Waals surface area contributed by atoms with E-state index >= 15 is 0 Å². The molecule has 0 radical (unpaired) electrons. The van der Waals surface area contributed by atoms with Crippen LogP contribution in [0.5, 0.6) is 0 Å². The fourth-order valence-electron chi connectivity index (χ4n) is 2.63. The van der Waals surface area contributed by atoms with Crippen molar-refractivity contribution in [2.45, 2.75) is 37.9 Å². The van der Waals surface area contributed by atoms with Gasteiger partial charge in [-0.3, -0.25) is 9.36 Å². The quantitative estimate of drug-likeness (QED) is 0.583. The third kappa shape index (κ3) is 4.34. The van der Waals surface area contributed by atoms with Crippen molar-refractivity contribution < 1.29 is 4.79 Å². The first kappa shape index (κ1) is 18.7. The maximum atomic E-state index is 12.2. The highest BCUT2D eigenvalue weighted by atomic mass is 32.2. The molecule has 0 spiro atoms. The van der Waals surface area contributed by atoms with Crippen LogP contribution in [0.3, 0.4) is 0 Å². The fraction of sp³-hybridized carbons (Fsp3) is 0.316. The number of thioether (sulfide) groups is 1. The number of carbonyl (C=O) groups excluding carboxylic acids is 1. The Kier molecular flexibility index (Phi) is 6.46. The van der Waals surface area contributed by atoms with Crippen molar-refractivity contribution in [2.24, 2.45) is 0 Å². The number of amides is 1. The highest BCUT2D eigenvalue weighted by Crippen LogP contribution is 2.30. The average Bonchev–Trinajstić information content (AvgIpc) is 3.34. The molecular weight excluding hydrogens is 364 g/mol. The summed E-state index contributed by atoms with van der Waals surface area (Å²) in [7, 11) is 0. The van der Waals surface area contributed by atoms with Crippen molar-refractivity contribution in [1.82, 2.24) is 20.1 Å². The number of aromatic nitrogens is 3. The van der Waals surface area contributed by atoms with E-state index in [2.05, 4.69) is 29.4 Å². The molecule has 0 saturated heterocycles. The topological polar surface area (TPSA) is 59.8 Å². The number of nitrogens with zero attached hydrogens (tertiary/aromatic N) is 3. The molecule has 0 unspecified atom stereocenters. The number of rotatable bonds is 8. The summed E-state index contributed by atoms with van der Waals surface area (Å²) < 4.78 is 2.01. The first-order valence-corrected chi connectivity index (χ1v) is 10.6. The predicted octanol–water partition coefficient (Wildman–Crippen LogP) is 4.39. The molecule has 3 rings (SSSR count). The van der Waals surface area contributed by atoms with Crippen LogP contribution in [0.1, 0.15) is 26.7 Å². The van der Waals surface area contributed by atoms with Gasteiger partial charge in [0.2, 0.25) is 5.91 Å². The van der Waals surface area contributed by atoms with Crippen molar-refractivity contribution in [3.05, 3.63) is 47.8 Å². The monoisotopic (exact) mass is 386 g/mol. The van der Waals surface area contributed by atoms with E-state index in [0.29, 0.717) is 5.75 Å². The molecule has 0 aliphatic carbocycles. The number of thiophene rings is 1. The molecule has 3 aromatic rings. The SMILES string of the molecule is CCC(CC)NC(=O)CSc1nnc(-c2cccs2)n1-c1ccccc1. The largest absolute Gasteiger partial charge is 0.353 e. The van der Waals surface area contributed by atoms with E-state index in [1.165, 1.54) is 11.8 Å². The Morgan fingerprint density at radius 3 is 2.58 bits per heavy atom. The molecule has 136 valence electrons. The first-order valence-electron chi connectivity index (χ1n) is 8.69. The van der Waals surface area contributed by atoms with E-state index in [1.54, 1.807) is 11.3 Å². The van der Waals surface area contributed by atoms with Crippen LogP contribution in [0.4, 0.5) is 0 Å². The van der Waals surface area contributed by atoms with Crippen LogP contribution in [0.25, 0.3) is 16.4 Å². The van der Waals surface area contributed by atoms with Gasteiger partial charge in [-0.05, 0) is 36.4 Å². The summed E-state index contributed by atoms with van der Waals surface area (Å²) in [5.41, 5.74) is 0.990. The molecule has 0 atom stereocenters. The molecule has 1 N–H and O–H groups in total. The maximum absolute atomic E-state index is 12.2. The van der Waals surface area contributed by atoms with Crippen molar-refractivity contribution >= 4 is 29.0 Å². The van der Waals surface area contributed by atoms with Gasteiger partial charge >= 0.3 is 0 Å². The summed E-state index contributed by atoms with van der Waals surface area (Å²) in [6.07, 6.45) is 1.88. The average molecular weight is 387 g/mol. The summed E-state index contributed by atoms with van der Waals surface area (Å²) in [6.45, 7) is 4.17. The lowest BCUT2D eigenvalue weighted by molar-refractivity contribution is -0.119. The Labute approximate surface area is 161 Å². The molecule has 1 amide bonds. The maximum Gasteiger partial charge on any atom is 0.230 e. The van der Waals surface area contributed by atoms with Gasteiger partial charge < -0.3 is 5.32 Å². The van der Waals surface area contributed by atoms with E-state index in [4.69, 9.17) is 0 Å². The smallest absolute Gasteiger partial charge is 0.230 e. The molecule has 0 bridgehead atoms. The molecule has 0 fully saturated rings. The number of para-hydroxylation sites is 1. The normalized spacial score (nSPS) is 11.0. The van der Waals surface area contributed by atoms with Gasteiger partial charge in [-0.15, -0.1) is 21.5 Å². The lowest BCUT2D eigenvalue weighted by Gasteiger charge is -2.14. The first-order chi connectivity index (χ1) is 12.7. The van der Waals surface area contributed by atoms with Gasteiger partial charge in [0, 0.05) is 11.7 Å². The Hall–Kier alpha value is -2.12. The van der Waals surface area contributed by atoms with E-state index in [-0.39, 0.29) is 11.9 Å². The second-order valence-corrected chi connectivity index (χ2v) is 7.71. The molecule has 0 aliphatic heterocycles. The van der Waals surface area contributed by atoms with Crippen LogP contribution in [0.2, 0.25) is 0 Å². The Balaban J connectivity index is 1.83. The summed E-state index contributed by atoms with van der Waals surface area (Å²) in [6, 6.07) is 14.3. The van der Waals surface area contributed by atoms with Crippen molar-refractivity contribution in [1.29, 1.82) is 0 Å². The lowest BCUT2D eigenvalue weighted by atomic mass is 10.2. The van der Waals surface area contributed by atoms with Gasteiger partial charge in [0.05, 0.1) is 10.6 Å². The molecule has 26 heavy (non-hydrogen) atoms. The molecule has 2 heterocycles. The Morgan fingerprint density at radius 1 is 1.15 bits per heavy atom. The fourth-order valence-corrected chi connectivity index (χ4v) is 4.09. The van der Waals surface area contributed by atoms with E-state index < -0.39 is 0 Å². The highest BCUT2D eigenvalue weighted by Gasteiger charge is 2.18. The van der Waals surface area contributed by atoms with Crippen molar-refractivity contribution in [3.8, 4) is 16.4 Å². The van der Waals surface area contributed by atoms with Crippen LogP contribution in [-0.2, 0) is 4.79 Å². The van der Waals surface area contributed by atoms with Gasteiger partial charge in [-0.1, -0.05) is 49.9 Å². The molecule has 0 aliphatic rings. The zero-order chi connectivity index (χ0) is 18.4. The standard InChI is InChI=1S/C19H22N4OS2/c1-3-14(4-2)20-17(24)13-26-19-22-21-18(16-11-8-12-25-16)23(19)15-9-6-5-7-10-15/h5-12,14H,3-4,13H2,1-2H3,(H,20,24). The Bertz CT molecular complexity index is 827. The van der Waals surface area contributed by atoms with Gasteiger partial charge in [0.1, 0.15) is 0 Å². The third-order valence-electron chi connectivity index (χ3n) is 4.07. The highest BCUT2D eigenvalue weighted by molar-refractivity contribution is 7.99. The zero-order valence-electron chi connectivity index (χ0n) is 14.9. The number of hydrogen-bond donors (Lipinski definition) is 1. The van der Waals surface area contributed by atoms with Crippen molar-refractivity contribution in [2.75, 3.05) is 5.75 Å². The predicted molar refractivity (Wildman–Crippen MR) is 108 cm³/mol. The summed E-state index contributed by atoms with van der Waals surface area (Å²) in [5, 5.41) is 14.5. The molecule has 5 nitrogen and oxygen atoms in total. The minimum Gasteiger partial charge on any atom is -0.353 e. The van der Waals surface area contributed by atoms with Crippen LogP contribution < -0.4 is 5.32 Å². The van der Waals surface area contributed by atoms with Crippen LogP contribution >= 0.6 is 23.1 Å². The summed E-state index contributed by atoms with van der Waals surface area (Å²) >= 11 is 3.04. The lowest BCUT2D eigenvalue weighted by Crippen LogP contribution is -2.35. The van der Waals surface area contributed by atoms with Gasteiger partial charge in [0.15, 0.2) is 11.0 Å². The van der Waals surface area contributed by atoms with Gasteiger partial charge in [0.25, 0.3) is 0 Å². The number of benzene rings is 1. The molecule has 1 aromatic carbocycles. The van der Waals surface area contributed by atoms with Crippen LogP contribution in [-0.4, -0.2) is 32.5 Å².